The highest BCUT2D eigenvalue weighted by atomic mass is 35.5. The van der Waals surface area contributed by atoms with E-state index in [1.54, 1.807) is 13.8 Å². The molecule has 3 aromatic rings. The summed E-state index contributed by atoms with van der Waals surface area (Å²) in [6.07, 6.45) is 2.36. The van der Waals surface area contributed by atoms with Gasteiger partial charge in [0.2, 0.25) is 0 Å². The summed E-state index contributed by atoms with van der Waals surface area (Å²) in [5.74, 6) is -1.06. The lowest BCUT2D eigenvalue weighted by molar-refractivity contribution is 0.0531. The third kappa shape index (κ3) is 3.25. The van der Waals surface area contributed by atoms with E-state index in [2.05, 4.69) is 10.1 Å². The first-order valence-corrected chi connectivity index (χ1v) is 8.79. The number of aromatic nitrogens is 2. The molecule has 9 heteroatoms. The first-order chi connectivity index (χ1) is 12.4. The van der Waals surface area contributed by atoms with Gasteiger partial charge in [0.25, 0.3) is 5.56 Å². The highest BCUT2D eigenvalue weighted by molar-refractivity contribution is 7.20. The van der Waals surface area contributed by atoms with E-state index >= 15 is 0 Å². The number of halogens is 2. The molecular weight excluding hydrogens is 381 g/mol. The molecule has 6 nitrogen and oxygen atoms in total. The van der Waals surface area contributed by atoms with Gasteiger partial charge < -0.3 is 4.74 Å². The van der Waals surface area contributed by atoms with Crippen LogP contribution < -0.4 is 5.56 Å². The van der Waals surface area contributed by atoms with Crippen LogP contribution in [-0.2, 0) is 4.74 Å². The quantitative estimate of drug-likeness (QED) is 0.501. The lowest BCUT2D eigenvalue weighted by Gasteiger charge is -2.01. The molecule has 0 amide bonds. The van der Waals surface area contributed by atoms with E-state index in [9.17, 15) is 14.0 Å². The van der Waals surface area contributed by atoms with Crippen molar-refractivity contribution in [3.05, 3.63) is 61.7 Å². The number of hydrogen-bond donors (Lipinski definition) is 0. The number of rotatable bonds is 4. The van der Waals surface area contributed by atoms with Crippen LogP contribution in [0.5, 0.6) is 0 Å². The molecule has 1 aromatic carbocycles. The number of nitrogens with zero attached hydrogens (tertiary/aromatic N) is 3. The fraction of sp³-hybridized carbons (Fsp3) is 0.176. The number of benzene rings is 1. The Kier molecular flexibility index (Phi) is 5.15. The predicted molar refractivity (Wildman–Crippen MR) is 99.0 cm³/mol. The van der Waals surface area contributed by atoms with Gasteiger partial charge in [0.1, 0.15) is 21.9 Å². The Morgan fingerprint density at radius 3 is 2.96 bits per heavy atom. The summed E-state index contributed by atoms with van der Waals surface area (Å²) in [5, 5.41) is 4.41. The van der Waals surface area contributed by atoms with Crippen molar-refractivity contribution in [3.8, 4) is 0 Å². The van der Waals surface area contributed by atoms with Gasteiger partial charge in [0.15, 0.2) is 0 Å². The number of esters is 1. The first-order valence-electron chi connectivity index (χ1n) is 7.60. The molecule has 3 rings (SSSR count). The van der Waals surface area contributed by atoms with Gasteiger partial charge in [-0.1, -0.05) is 17.7 Å². The van der Waals surface area contributed by atoms with Crippen LogP contribution in [0.25, 0.3) is 10.2 Å². The summed E-state index contributed by atoms with van der Waals surface area (Å²) in [6.45, 7) is 3.59. The Bertz CT molecular complexity index is 1070. The number of carbonyl (C=O) groups excluding carboxylic acids is 1. The smallest absolute Gasteiger partial charge is 0.348 e. The van der Waals surface area contributed by atoms with Gasteiger partial charge in [0, 0.05) is 5.56 Å². The van der Waals surface area contributed by atoms with Crippen molar-refractivity contribution in [2.75, 3.05) is 6.61 Å². The highest BCUT2D eigenvalue weighted by Crippen LogP contribution is 2.27. The van der Waals surface area contributed by atoms with Gasteiger partial charge in [-0.25, -0.2) is 14.2 Å². The van der Waals surface area contributed by atoms with Gasteiger partial charge in [0.05, 0.1) is 23.2 Å². The van der Waals surface area contributed by atoms with E-state index in [4.69, 9.17) is 16.3 Å². The highest BCUT2D eigenvalue weighted by Gasteiger charge is 2.20. The van der Waals surface area contributed by atoms with E-state index in [1.165, 1.54) is 24.5 Å². The van der Waals surface area contributed by atoms with Crippen molar-refractivity contribution in [3.63, 3.8) is 0 Å². The molecule has 0 saturated carbocycles. The minimum atomic E-state index is -0.556. The van der Waals surface area contributed by atoms with Gasteiger partial charge in [-0.05, 0) is 31.5 Å². The summed E-state index contributed by atoms with van der Waals surface area (Å²) in [4.78, 5) is 29.5. The van der Waals surface area contributed by atoms with Crippen molar-refractivity contribution in [1.82, 2.24) is 9.66 Å². The molecule has 0 unspecified atom stereocenters. The van der Waals surface area contributed by atoms with Crippen LogP contribution in [0.1, 0.15) is 27.7 Å². The molecule has 2 heterocycles. The largest absolute Gasteiger partial charge is 0.462 e. The van der Waals surface area contributed by atoms with E-state index in [0.717, 1.165) is 22.2 Å². The summed E-state index contributed by atoms with van der Waals surface area (Å²) in [6, 6.07) is 4.23. The third-order valence-electron chi connectivity index (χ3n) is 3.61. The van der Waals surface area contributed by atoms with Crippen LogP contribution in [0.4, 0.5) is 4.39 Å². The molecule has 0 aliphatic rings. The maximum atomic E-state index is 13.8. The SMILES string of the molecule is CCOC(=O)c1sc2ncn(N=Cc3c(F)cccc3Cl)c(=O)c2c1C. The van der Waals surface area contributed by atoms with E-state index < -0.39 is 17.3 Å². The van der Waals surface area contributed by atoms with Crippen molar-refractivity contribution in [2.45, 2.75) is 13.8 Å². The summed E-state index contributed by atoms with van der Waals surface area (Å²) in [5.41, 5.74) is 0.0767. The van der Waals surface area contributed by atoms with E-state index in [0.29, 0.717) is 15.3 Å². The molecule has 0 radical (unpaired) electrons. The Balaban J connectivity index is 2.07. The molecule has 0 N–H and O–H groups in total. The minimum Gasteiger partial charge on any atom is -0.462 e. The summed E-state index contributed by atoms with van der Waals surface area (Å²) >= 11 is 7.02. The molecule has 0 saturated heterocycles. The van der Waals surface area contributed by atoms with Gasteiger partial charge in [-0.2, -0.15) is 9.78 Å². The Morgan fingerprint density at radius 2 is 2.27 bits per heavy atom. The zero-order chi connectivity index (χ0) is 18.8. The van der Waals surface area contributed by atoms with Crippen molar-refractivity contribution >= 4 is 45.3 Å². The van der Waals surface area contributed by atoms with Crippen LogP contribution >= 0.6 is 22.9 Å². The van der Waals surface area contributed by atoms with Crippen molar-refractivity contribution < 1.29 is 13.9 Å². The molecule has 0 spiro atoms. The maximum absolute atomic E-state index is 13.8. The maximum Gasteiger partial charge on any atom is 0.348 e. The van der Waals surface area contributed by atoms with Gasteiger partial charge in [-0.3, -0.25) is 4.79 Å². The minimum absolute atomic E-state index is 0.0652. The Hall–Kier alpha value is -2.58. The number of thiophene rings is 1. The monoisotopic (exact) mass is 393 g/mol. The zero-order valence-corrected chi connectivity index (χ0v) is 15.4. The second-order valence-corrected chi connectivity index (χ2v) is 6.64. The molecule has 134 valence electrons. The van der Waals surface area contributed by atoms with Gasteiger partial charge >= 0.3 is 5.97 Å². The normalized spacial score (nSPS) is 11.4. The fourth-order valence-electron chi connectivity index (χ4n) is 2.34. The second kappa shape index (κ2) is 7.35. The molecule has 0 fully saturated rings. The molecule has 2 aromatic heterocycles. The van der Waals surface area contributed by atoms with Crippen molar-refractivity contribution in [2.24, 2.45) is 5.10 Å². The third-order valence-corrected chi connectivity index (χ3v) is 5.12. The van der Waals surface area contributed by atoms with Crippen LogP contribution in [0.15, 0.2) is 34.4 Å². The van der Waals surface area contributed by atoms with Crippen molar-refractivity contribution in [1.29, 1.82) is 0 Å². The number of ether oxygens (including phenoxy) is 1. The van der Waals surface area contributed by atoms with Crippen LogP contribution in [0, 0.1) is 12.7 Å². The number of fused-ring (bicyclic) bond motifs is 1. The zero-order valence-electron chi connectivity index (χ0n) is 13.8. The molecule has 0 atom stereocenters. The summed E-state index contributed by atoms with van der Waals surface area (Å²) < 4.78 is 19.8. The molecule has 0 bridgehead atoms. The standard InChI is InChI=1S/C17H13ClFN3O3S/c1-3-25-17(24)14-9(2)13-15(26-14)20-8-22(16(13)23)21-7-10-11(18)5-4-6-12(10)19/h4-8H,3H2,1-2H3. The Morgan fingerprint density at radius 1 is 1.50 bits per heavy atom. The first kappa shape index (κ1) is 18.2. The van der Waals surface area contributed by atoms with Crippen LogP contribution in [0.2, 0.25) is 5.02 Å². The Labute approximate surface area is 156 Å². The van der Waals surface area contributed by atoms with Crippen LogP contribution in [0.3, 0.4) is 0 Å². The molecule has 26 heavy (non-hydrogen) atoms. The van der Waals surface area contributed by atoms with Crippen LogP contribution in [-0.4, -0.2) is 28.5 Å². The second-order valence-electron chi connectivity index (χ2n) is 5.23. The number of aryl methyl sites for hydroxylation is 1. The molecule has 0 aliphatic heterocycles. The lowest BCUT2D eigenvalue weighted by Crippen LogP contribution is -2.17. The molecular formula is C17H13ClFN3O3S. The average Bonchev–Trinajstić information content (AvgIpc) is 2.94. The fourth-order valence-corrected chi connectivity index (χ4v) is 3.59. The number of carbonyl (C=O) groups is 1. The average molecular weight is 394 g/mol. The lowest BCUT2D eigenvalue weighted by atomic mass is 10.2. The number of hydrogen-bond acceptors (Lipinski definition) is 6. The van der Waals surface area contributed by atoms with Gasteiger partial charge in [-0.15, -0.1) is 11.3 Å². The topological polar surface area (TPSA) is 73.5 Å². The predicted octanol–water partition coefficient (Wildman–Crippen LogP) is 3.62. The molecule has 0 aliphatic carbocycles. The van der Waals surface area contributed by atoms with E-state index in [-0.39, 0.29) is 22.6 Å². The summed E-state index contributed by atoms with van der Waals surface area (Å²) in [7, 11) is 0. The van der Waals surface area contributed by atoms with E-state index in [1.807, 2.05) is 0 Å².